The van der Waals surface area contributed by atoms with Crippen molar-refractivity contribution in [2.75, 3.05) is 6.54 Å². The minimum atomic E-state index is 0.958. The summed E-state index contributed by atoms with van der Waals surface area (Å²) in [5, 5.41) is 0. The average molecular weight is 178 g/mol. The third-order valence-electron chi connectivity index (χ3n) is 1.72. The van der Waals surface area contributed by atoms with Gasteiger partial charge in [-0.25, -0.2) is 8.70 Å². The maximum Gasteiger partial charge on any atom is 0.0619 e. The number of rotatable bonds is 2. The van der Waals surface area contributed by atoms with Gasteiger partial charge in [0.1, 0.15) is 0 Å². The average Bonchev–Trinajstić information content (AvgIpc) is 2.59. The van der Waals surface area contributed by atoms with Gasteiger partial charge in [-0.15, -0.1) is 0 Å². The number of hydrogen-bond donors (Lipinski definition) is 0. The highest BCUT2D eigenvalue weighted by molar-refractivity contribution is 7.96. The molecule has 0 fully saturated rings. The molecule has 62 valence electrons. The third-order valence-corrected chi connectivity index (χ3v) is 2.48. The maximum atomic E-state index is 4.08. The second-order valence-corrected chi connectivity index (χ2v) is 3.57. The highest BCUT2D eigenvalue weighted by Crippen LogP contribution is 2.18. The van der Waals surface area contributed by atoms with Gasteiger partial charge in [0.15, 0.2) is 0 Å². The van der Waals surface area contributed by atoms with Crippen LogP contribution in [-0.4, -0.2) is 17.1 Å². The van der Waals surface area contributed by atoms with Crippen LogP contribution in [0.4, 0.5) is 0 Å². The van der Waals surface area contributed by atoms with Crippen molar-refractivity contribution < 1.29 is 0 Å². The first-order chi connectivity index (χ1) is 5.95. The van der Waals surface area contributed by atoms with Crippen molar-refractivity contribution in [3.63, 3.8) is 0 Å². The van der Waals surface area contributed by atoms with Crippen molar-refractivity contribution in [3.8, 4) is 0 Å². The molecule has 1 aromatic rings. The van der Waals surface area contributed by atoms with Crippen LogP contribution in [-0.2, 0) is 6.54 Å². The molecule has 2 rings (SSSR count). The Morgan fingerprint density at radius 2 is 2.17 bits per heavy atom. The molecule has 0 radical (unpaired) electrons. The van der Waals surface area contributed by atoms with Crippen LogP contribution in [0.15, 0.2) is 34.7 Å². The van der Waals surface area contributed by atoms with Crippen LogP contribution >= 0.6 is 12.1 Å². The normalized spacial score (nSPS) is 17.0. The molecule has 0 unspecified atom stereocenters. The zero-order chi connectivity index (χ0) is 8.23. The molecule has 0 spiro atoms. The van der Waals surface area contributed by atoms with Gasteiger partial charge in [-0.05, 0) is 5.56 Å². The van der Waals surface area contributed by atoms with E-state index in [1.807, 2.05) is 12.3 Å². The van der Waals surface area contributed by atoms with E-state index < -0.39 is 0 Å². The van der Waals surface area contributed by atoms with Gasteiger partial charge in [0.05, 0.1) is 12.1 Å². The highest BCUT2D eigenvalue weighted by Gasteiger charge is 2.08. The fourth-order valence-electron chi connectivity index (χ4n) is 1.14. The molecule has 1 aliphatic rings. The second-order valence-electron chi connectivity index (χ2n) is 2.68. The number of hydrogen-bond acceptors (Lipinski definition) is 3. The molecule has 1 aromatic carbocycles. The van der Waals surface area contributed by atoms with Gasteiger partial charge in [0.2, 0.25) is 0 Å². The summed E-state index contributed by atoms with van der Waals surface area (Å²) in [5.74, 6) is 0. The molecule has 1 aliphatic heterocycles. The molecule has 0 saturated carbocycles. The maximum absolute atomic E-state index is 4.08. The molecule has 3 heteroatoms. The fourth-order valence-corrected chi connectivity index (χ4v) is 1.75. The summed E-state index contributed by atoms with van der Waals surface area (Å²) < 4.78 is 6.30. The molecule has 0 saturated heterocycles. The predicted molar refractivity (Wildman–Crippen MR) is 52.9 cm³/mol. The van der Waals surface area contributed by atoms with Crippen molar-refractivity contribution in [1.82, 2.24) is 4.31 Å². The molecule has 1 heterocycles. The Balaban J connectivity index is 1.95. The zero-order valence-corrected chi connectivity index (χ0v) is 7.50. The molecular weight excluding hydrogens is 168 g/mol. The van der Waals surface area contributed by atoms with Gasteiger partial charge in [-0.1, -0.05) is 30.3 Å². The van der Waals surface area contributed by atoms with Gasteiger partial charge in [-0.3, -0.25) is 0 Å². The molecule has 2 nitrogen and oxygen atoms in total. The van der Waals surface area contributed by atoms with Crippen LogP contribution in [0.5, 0.6) is 0 Å². The van der Waals surface area contributed by atoms with Crippen LogP contribution in [0.25, 0.3) is 0 Å². The minimum Gasteiger partial charge on any atom is -0.221 e. The minimum absolute atomic E-state index is 0.958. The van der Waals surface area contributed by atoms with Crippen molar-refractivity contribution >= 4 is 18.3 Å². The SMILES string of the molecule is C1=NSN(Cc2ccccc2)C1. The van der Waals surface area contributed by atoms with Gasteiger partial charge in [0, 0.05) is 19.3 Å². The first-order valence-electron chi connectivity index (χ1n) is 3.93. The Kier molecular flexibility index (Phi) is 2.44. The monoisotopic (exact) mass is 178 g/mol. The molecule has 12 heavy (non-hydrogen) atoms. The molecule has 0 amide bonds. The lowest BCUT2D eigenvalue weighted by atomic mass is 10.2. The summed E-state index contributed by atoms with van der Waals surface area (Å²) in [7, 11) is 0. The van der Waals surface area contributed by atoms with Crippen molar-refractivity contribution in [3.05, 3.63) is 35.9 Å². The quantitative estimate of drug-likeness (QED) is 0.645. The smallest absolute Gasteiger partial charge is 0.0619 e. The lowest BCUT2D eigenvalue weighted by Crippen LogP contribution is -2.12. The molecule has 0 atom stereocenters. The van der Waals surface area contributed by atoms with E-state index in [9.17, 15) is 0 Å². The Bertz CT molecular complexity index is 263. The number of nitrogens with zero attached hydrogens (tertiary/aromatic N) is 2. The summed E-state index contributed by atoms with van der Waals surface area (Å²) in [5.41, 5.74) is 1.34. The molecular formula is C9H10N2S. The summed E-state index contributed by atoms with van der Waals surface area (Å²) >= 11 is 1.54. The molecule has 0 aliphatic carbocycles. The van der Waals surface area contributed by atoms with Crippen LogP contribution < -0.4 is 0 Å². The predicted octanol–water partition coefficient (Wildman–Crippen LogP) is 2.14. The Morgan fingerprint density at radius 1 is 1.33 bits per heavy atom. The van der Waals surface area contributed by atoms with Crippen LogP contribution in [0.1, 0.15) is 5.56 Å². The Labute approximate surface area is 76.6 Å². The second kappa shape index (κ2) is 3.74. The van der Waals surface area contributed by atoms with E-state index in [4.69, 9.17) is 0 Å². The van der Waals surface area contributed by atoms with E-state index in [1.54, 1.807) is 0 Å². The van der Waals surface area contributed by atoms with E-state index in [2.05, 4.69) is 33.0 Å². The van der Waals surface area contributed by atoms with Gasteiger partial charge in [-0.2, -0.15) is 0 Å². The molecule has 0 aromatic heterocycles. The first kappa shape index (κ1) is 7.83. The van der Waals surface area contributed by atoms with E-state index in [-0.39, 0.29) is 0 Å². The standard InChI is InChI=1S/C9H10N2S/c1-2-4-9(5-3-1)8-11-7-6-10-12-11/h1-6H,7-8H2. The summed E-state index contributed by atoms with van der Waals surface area (Å²) in [4.78, 5) is 0. The van der Waals surface area contributed by atoms with Crippen molar-refractivity contribution in [2.24, 2.45) is 4.40 Å². The van der Waals surface area contributed by atoms with Gasteiger partial charge >= 0.3 is 0 Å². The topological polar surface area (TPSA) is 15.6 Å². The van der Waals surface area contributed by atoms with Crippen LogP contribution in [0.3, 0.4) is 0 Å². The Hall–Kier alpha value is -0.800. The van der Waals surface area contributed by atoms with Gasteiger partial charge < -0.3 is 0 Å². The molecule has 0 bridgehead atoms. The molecule has 0 N–H and O–H groups in total. The van der Waals surface area contributed by atoms with E-state index in [0.29, 0.717) is 0 Å². The largest absolute Gasteiger partial charge is 0.221 e. The number of benzene rings is 1. The summed E-state index contributed by atoms with van der Waals surface area (Å²) in [6.07, 6.45) is 1.94. The van der Waals surface area contributed by atoms with E-state index >= 15 is 0 Å². The summed E-state index contributed by atoms with van der Waals surface area (Å²) in [6, 6.07) is 10.4. The van der Waals surface area contributed by atoms with Crippen molar-refractivity contribution in [1.29, 1.82) is 0 Å². The zero-order valence-electron chi connectivity index (χ0n) is 6.68. The van der Waals surface area contributed by atoms with Crippen LogP contribution in [0.2, 0.25) is 0 Å². The van der Waals surface area contributed by atoms with Gasteiger partial charge in [0.25, 0.3) is 0 Å². The van der Waals surface area contributed by atoms with Crippen molar-refractivity contribution in [2.45, 2.75) is 6.54 Å². The van der Waals surface area contributed by atoms with E-state index in [0.717, 1.165) is 13.1 Å². The lowest BCUT2D eigenvalue weighted by molar-refractivity contribution is 0.542. The van der Waals surface area contributed by atoms with Crippen LogP contribution in [0, 0.1) is 0 Å². The third kappa shape index (κ3) is 1.87. The summed E-state index contributed by atoms with van der Waals surface area (Å²) in [6.45, 7) is 1.94. The first-order valence-corrected chi connectivity index (χ1v) is 4.66. The highest BCUT2D eigenvalue weighted by atomic mass is 32.2. The fraction of sp³-hybridized carbons (Fsp3) is 0.222. The van der Waals surface area contributed by atoms with E-state index in [1.165, 1.54) is 17.7 Å². The Morgan fingerprint density at radius 3 is 2.83 bits per heavy atom. The lowest BCUT2D eigenvalue weighted by Gasteiger charge is -2.10.